The van der Waals surface area contributed by atoms with Gasteiger partial charge in [-0.3, -0.25) is 9.10 Å². The summed E-state index contributed by atoms with van der Waals surface area (Å²) >= 11 is 17.9. The van der Waals surface area contributed by atoms with Gasteiger partial charge in [0.2, 0.25) is 0 Å². The predicted octanol–water partition coefficient (Wildman–Crippen LogP) is 3.94. The van der Waals surface area contributed by atoms with Crippen molar-refractivity contribution in [3.63, 3.8) is 0 Å². The summed E-state index contributed by atoms with van der Waals surface area (Å²) in [6.45, 7) is -0.841. The topological polar surface area (TPSA) is 83.9 Å². The van der Waals surface area contributed by atoms with Crippen LogP contribution in [-0.2, 0) is 14.8 Å². The fourth-order valence-corrected chi connectivity index (χ4v) is 4.24. The SMILES string of the molecule is COc1ccc(S(=O)(=O)N(CC(=O)O)c2cc(Cl)ccc2Cl)cc1Cl. The number of hydrogen-bond acceptors (Lipinski definition) is 4. The van der Waals surface area contributed by atoms with Gasteiger partial charge in [-0.1, -0.05) is 34.8 Å². The van der Waals surface area contributed by atoms with Gasteiger partial charge in [0, 0.05) is 5.02 Å². The summed E-state index contributed by atoms with van der Waals surface area (Å²) in [7, 11) is -2.88. The number of hydrogen-bond donors (Lipinski definition) is 1. The van der Waals surface area contributed by atoms with Crippen LogP contribution in [0.25, 0.3) is 0 Å². The lowest BCUT2D eigenvalue weighted by atomic mass is 10.3. The smallest absolute Gasteiger partial charge is 0.324 e. The summed E-state index contributed by atoms with van der Waals surface area (Å²) in [4.78, 5) is 11.0. The van der Waals surface area contributed by atoms with Crippen LogP contribution in [0, 0.1) is 0 Å². The van der Waals surface area contributed by atoms with E-state index in [-0.39, 0.29) is 31.4 Å². The van der Waals surface area contributed by atoms with Gasteiger partial charge in [-0.15, -0.1) is 0 Å². The van der Waals surface area contributed by atoms with E-state index in [2.05, 4.69) is 0 Å². The van der Waals surface area contributed by atoms with Crippen LogP contribution in [0.15, 0.2) is 41.3 Å². The first-order valence-electron chi connectivity index (χ1n) is 6.70. The standard InChI is InChI=1S/C15H12Cl3NO5S/c1-24-14-5-3-10(7-12(14)18)25(22,23)19(8-15(20)21)13-6-9(16)2-4-11(13)17/h2-7H,8H2,1H3,(H,20,21). The highest BCUT2D eigenvalue weighted by Crippen LogP contribution is 2.34. The number of nitrogens with zero attached hydrogens (tertiary/aromatic N) is 1. The van der Waals surface area contributed by atoms with Gasteiger partial charge >= 0.3 is 5.97 Å². The highest BCUT2D eigenvalue weighted by Gasteiger charge is 2.29. The second-order valence-corrected chi connectivity index (χ2v) is 7.91. The molecule has 1 N–H and O–H groups in total. The van der Waals surface area contributed by atoms with E-state index in [4.69, 9.17) is 44.6 Å². The minimum Gasteiger partial charge on any atom is -0.495 e. The molecule has 0 aromatic heterocycles. The maximum absolute atomic E-state index is 12.9. The first-order chi connectivity index (χ1) is 11.7. The van der Waals surface area contributed by atoms with E-state index in [1.54, 1.807) is 0 Å². The van der Waals surface area contributed by atoms with Gasteiger partial charge in [-0.05, 0) is 36.4 Å². The molecule has 0 saturated carbocycles. The van der Waals surface area contributed by atoms with Crippen LogP contribution in [0.5, 0.6) is 5.75 Å². The number of methoxy groups -OCH3 is 1. The number of ether oxygens (including phenoxy) is 1. The third-order valence-electron chi connectivity index (χ3n) is 3.17. The van der Waals surface area contributed by atoms with Gasteiger partial charge in [0.15, 0.2) is 0 Å². The number of carboxylic acids is 1. The molecular weight excluding hydrogens is 413 g/mol. The fourth-order valence-electron chi connectivity index (χ4n) is 2.03. The Labute approximate surface area is 159 Å². The average Bonchev–Trinajstić information content (AvgIpc) is 2.54. The van der Waals surface area contributed by atoms with E-state index < -0.39 is 22.5 Å². The minimum atomic E-state index is -4.27. The summed E-state index contributed by atoms with van der Waals surface area (Å²) in [5, 5.41) is 9.43. The molecule has 0 unspecified atom stereocenters. The molecule has 0 amide bonds. The second kappa shape index (κ2) is 7.70. The highest BCUT2D eigenvalue weighted by molar-refractivity contribution is 7.92. The van der Waals surface area contributed by atoms with Crippen molar-refractivity contribution in [2.24, 2.45) is 0 Å². The molecular formula is C15H12Cl3NO5S. The Kier molecular flexibility index (Phi) is 6.05. The van der Waals surface area contributed by atoms with Gasteiger partial charge in [-0.25, -0.2) is 8.42 Å². The zero-order valence-electron chi connectivity index (χ0n) is 12.7. The number of benzene rings is 2. The van der Waals surface area contributed by atoms with Crippen molar-refractivity contribution in [1.82, 2.24) is 0 Å². The summed E-state index contributed by atoms with van der Waals surface area (Å²) in [5.74, 6) is -1.08. The second-order valence-electron chi connectivity index (χ2n) is 4.80. The van der Waals surface area contributed by atoms with Crippen LogP contribution in [0.2, 0.25) is 15.1 Å². The number of rotatable bonds is 6. The van der Waals surface area contributed by atoms with Gasteiger partial charge in [0.1, 0.15) is 12.3 Å². The molecule has 0 bridgehead atoms. The first-order valence-corrected chi connectivity index (χ1v) is 9.27. The summed E-state index contributed by atoms with van der Waals surface area (Å²) in [6, 6.07) is 7.91. The van der Waals surface area contributed by atoms with E-state index >= 15 is 0 Å². The minimum absolute atomic E-state index is 0.0360. The summed E-state index contributed by atoms with van der Waals surface area (Å²) in [5.41, 5.74) is -0.0523. The normalized spacial score (nSPS) is 11.2. The summed E-state index contributed by atoms with van der Waals surface area (Å²) < 4.78 is 31.5. The number of carboxylic acid groups (broad SMARTS) is 1. The molecule has 2 aromatic rings. The maximum Gasteiger partial charge on any atom is 0.324 e. The van der Waals surface area contributed by atoms with Crippen molar-refractivity contribution in [2.75, 3.05) is 18.0 Å². The Morgan fingerprint density at radius 2 is 1.80 bits per heavy atom. The van der Waals surface area contributed by atoms with Crippen molar-refractivity contribution in [1.29, 1.82) is 0 Å². The van der Waals surface area contributed by atoms with Crippen LogP contribution < -0.4 is 9.04 Å². The van der Waals surface area contributed by atoms with Gasteiger partial charge < -0.3 is 9.84 Å². The van der Waals surface area contributed by atoms with Crippen molar-refractivity contribution in [3.05, 3.63) is 51.5 Å². The number of aliphatic carboxylic acids is 1. The predicted molar refractivity (Wildman–Crippen MR) is 96.6 cm³/mol. The van der Waals surface area contributed by atoms with Crippen LogP contribution in [0.4, 0.5) is 5.69 Å². The van der Waals surface area contributed by atoms with Gasteiger partial charge in [0.25, 0.3) is 10.0 Å². The van der Waals surface area contributed by atoms with Crippen molar-refractivity contribution < 1.29 is 23.1 Å². The van der Waals surface area contributed by atoms with Crippen molar-refractivity contribution in [2.45, 2.75) is 4.90 Å². The van der Waals surface area contributed by atoms with Crippen molar-refractivity contribution in [3.8, 4) is 5.75 Å². The van der Waals surface area contributed by atoms with Crippen LogP contribution in [0.1, 0.15) is 0 Å². The lowest BCUT2D eigenvalue weighted by molar-refractivity contribution is -0.135. The highest BCUT2D eigenvalue weighted by atomic mass is 35.5. The van der Waals surface area contributed by atoms with E-state index in [0.29, 0.717) is 4.31 Å². The quantitative estimate of drug-likeness (QED) is 0.759. The largest absolute Gasteiger partial charge is 0.495 e. The van der Waals surface area contributed by atoms with Gasteiger partial charge in [0.05, 0.1) is 27.7 Å². The molecule has 25 heavy (non-hydrogen) atoms. The molecule has 2 aromatic carbocycles. The monoisotopic (exact) mass is 423 g/mol. The Morgan fingerprint density at radius 1 is 1.12 bits per heavy atom. The Hall–Kier alpha value is -1.67. The molecule has 0 aliphatic rings. The molecule has 0 heterocycles. The lowest BCUT2D eigenvalue weighted by Crippen LogP contribution is -2.36. The van der Waals surface area contributed by atoms with E-state index in [9.17, 15) is 13.2 Å². The molecule has 0 spiro atoms. The zero-order chi connectivity index (χ0) is 18.8. The van der Waals surface area contributed by atoms with Crippen LogP contribution in [0.3, 0.4) is 0 Å². The average molecular weight is 425 g/mol. The Balaban J connectivity index is 2.62. The number of halogens is 3. The molecule has 0 atom stereocenters. The van der Waals surface area contributed by atoms with Crippen molar-refractivity contribution >= 4 is 56.5 Å². The molecule has 134 valence electrons. The molecule has 0 aliphatic carbocycles. The number of carbonyl (C=O) groups is 1. The molecule has 6 nitrogen and oxygen atoms in total. The van der Waals surface area contributed by atoms with E-state index in [1.807, 2.05) is 0 Å². The molecule has 10 heteroatoms. The van der Waals surface area contributed by atoms with Gasteiger partial charge in [-0.2, -0.15) is 0 Å². The first kappa shape index (κ1) is 19.7. The maximum atomic E-state index is 12.9. The zero-order valence-corrected chi connectivity index (χ0v) is 15.8. The number of anilines is 1. The summed E-state index contributed by atoms with van der Waals surface area (Å²) in [6.07, 6.45) is 0. The third kappa shape index (κ3) is 4.30. The molecule has 2 rings (SSSR count). The molecule has 0 fully saturated rings. The van der Waals surface area contributed by atoms with E-state index in [0.717, 1.165) is 0 Å². The third-order valence-corrected chi connectivity index (χ3v) is 5.77. The molecule has 0 saturated heterocycles. The Morgan fingerprint density at radius 3 is 2.36 bits per heavy atom. The van der Waals surface area contributed by atoms with Crippen LogP contribution in [-0.4, -0.2) is 33.1 Å². The molecule has 0 aliphatic heterocycles. The number of sulfonamides is 1. The Bertz CT molecular complexity index is 917. The fraction of sp³-hybridized carbons (Fsp3) is 0.133. The van der Waals surface area contributed by atoms with Crippen LogP contribution >= 0.6 is 34.8 Å². The molecule has 0 radical (unpaired) electrons. The van der Waals surface area contributed by atoms with E-state index in [1.165, 1.54) is 43.5 Å². The lowest BCUT2D eigenvalue weighted by Gasteiger charge is -2.24.